The second-order valence-corrected chi connectivity index (χ2v) is 4.71. The Morgan fingerprint density at radius 2 is 2.10 bits per heavy atom. The van der Waals surface area contributed by atoms with Crippen molar-refractivity contribution in [2.45, 2.75) is 19.4 Å². The van der Waals surface area contributed by atoms with E-state index in [4.69, 9.17) is 5.84 Å². The second-order valence-electron chi connectivity index (χ2n) is 4.71. The molecule has 1 aliphatic heterocycles. The number of nitrogens with two attached hydrogens (primary N) is 1. The monoisotopic (exact) mass is 279 g/mol. The largest absolute Gasteiger partial charge is 0.341 e. The number of aromatic nitrogens is 2. The van der Waals surface area contributed by atoms with E-state index in [1.807, 2.05) is 0 Å². The van der Waals surface area contributed by atoms with Gasteiger partial charge in [0.1, 0.15) is 6.54 Å². The molecular weight excluding hydrogens is 262 g/mol. The highest BCUT2D eigenvalue weighted by molar-refractivity contribution is 5.79. The van der Waals surface area contributed by atoms with Crippen LogP contribution < -0.4 is 16.8 Å². The van der Waals surface area contributed by atoms with Crippen LogP contribution in [0, 0.1) is 5.92 Å². The summed E-state index contributed by atoms with van der Waals surface area (Å²) < 4.78 is 1.26. The highest BCUT2D eigenvalue weighted by Gasteiger charge is 2.26. The third kappa shape index (κ3) is 3.21. The highest BCUT2D eigenvalue weighted by Crippen LogP contribution is 2.17. The molecule has 108 valence electrons. The molecule has 1 saturated heterocycles. The zero-order valence-corrected chi connectivity index (χ0v) is 11.0. The smallest absolute Gasteiger partial charge is 0.253 e. The Morgan fingerprint density at radius 3 is 2.70 bits per heavy atom. The Bertz CT molecular complexity index is 548. The van der Waals surface area contributed by atoms with Gasteiger partial charge in [-0.05, 0) is 12.8 Å². The van der Waals surface area contributed by atoms with Crippen molar-refractivity contribution in [3.05, 3.63) is 28.9 Å². The molecule has 2 rings (SSSR count). The number of rotatable bonds is 3. The summed E-state index contributed by atoms with van der Waals surface area (Å²) in [5.74, 6) is 4.60. The predicted octanol–water partition coefficient (Wildman–Crippen LogP) is -1.53. The van der Waals surface area contributed by atoms with E-state index in [0.29, 0.717) is 25.9 Å². The number of carbonyl (C=O) groups excluding carboxylic acids is 2. The number of nitrogens with one attached hydrogen (secondary N) is 1. The maximum atomic E-state index is 12.1. The fourth-order valence-corrected chi connectivity index (χ4v) is 2.25. The minimum atomic E-state index is -0.259. The fourth-order valence-electron chi connectivity index (χ4n) is 2.25. The number of likely N-dealkylation sites (tertiary alicyclic amines) is 1. The fraction of sp³-hybridized carbons (Fsp3) is 0.500. The molecule has 0 atom stereocenters. The molecule has 0 unspecified atom stereocenters. The average Bonchev–Trinajstić information content (AvgIpc) is 2.49. The van der Waals surface area contributed by atoms with Gasteiger partial charge in [0, 0.05) is 31.3 Å². The number of hydrogen-bond donors (Lipinski definition) is 2. The van der Waals surface area contributed by atoms with Crippen molar-refractivity contribution in [1.82, 2.24) is 19.9 Å². The van der Waals surface area contributed by atoms with Gasteiger partial charge in [-0.15, -0.1) is 0 Å². The van der Waals surface area contributed by atoms with Crippen LogP contribution >= 0.6 is 0 Å². The van der Waals surface area contributed by atoms with Crippen LogP contribution in [0.3, 0.4) is 0 Å². The van der Waals surface area contributed by atoms with Crippen LogP contribution in [-0.4, -0.2) is 39.4 Å². The van der Waals surface area contributed by atoms with E-state index < -0.39 is 0 Å². The van der Waals surface area contributed by atoms with Crippen LogP contribution in [0.2, 0.25) is 0 Å². The van der Waals surface area contributed by atoms with Gasteiger partial charge in [-0.25, -0.2) is 10.8 Å². The van der Waals surface area contributed by atoms with Crippen molar-refractivity contribution in [3.8, 4) is 0 Å². The highest BCUT2D eigenvalue weighted by atomic mass is 16.2. The quantitative estimate of drug-likeness (QED) is 0.396. The molecule has 1 aromatic rings. The van der Waals surface area contributed by atoms with Crippen LogP contribution in [0.25, 0.3) is 0 Å². The van der Waals surface area contributed by atoms with Crippen molar-refractivity contribution < 1.29 is 9.59 Å². The van der Waals surface area contributed by atoms with Crippen molar-refractivity contribution in [1.29, 1.82) is 0 Å². The third-order valence-electron chi connectivity index (χ3n) is 3.46. The van der Waals surface area contributed by atoms with Gasteiger partial charge in [0.15, 0.2) is 0 Å². The van der Waals surface area contributed by atoms with E-state index >= 15 is 0 Å². The summed E-state index contributed by atoms with van der Waals surface area (Å²) in [7, 11) is 0. The Kier molecular flexibility index (Phi) is 4.46. The first-order valence-electron chi connectivity index (χ1n) is 6.40. The van der Waals surface area contributed by atoms with E-state index in [9.17, 15) is 14.4 Å². The minimum Gasteiger partial charge on any atom is -0.341 e. The number of amides is 2. The van der Waals surface area contributed by atoms with Crippen LogP contribution in [0.5, 0.6) is 0 Å². The summed E-state index contributed by atoms with van der Waals surface area (Å²) in [6, 6.07) is 1.31. The summed E-state index contributed by atoms with van der Waals surface area (Å²) in [4.78, 5) is 40.4. The first-order valence-corrected chi connectivity index (χ1v) is 6.40. The molecule has 2 heterocycles. The van der Waals surface area contributed by atoms with Gasteiger partial charge in [0.05, 0.1) is 6.33 Å². The van der Waals surface area contributed by atoms with Gasteiger partial charge < -0.3 is 4.90 Å². The molecule has 0 bridgehead atoms. The number of piperidine rings is 1. The van der Waals surface area contributed by atoms with Gasteiger partial charge in [0.25, 0.3) is 5.56 Å². The summed E-state index contributed by atoms with van der Waals surface area (Å²) in [5.41, 5.74) is 1.87. The zero-order chi connectivity index (χ0) is 14.5. The second kappa shape index (κ2) is 6.29. The molecule has 0 spiro atoms. The summed E-state index contributed by atoms with van der Waals surface area (Å²) in [6.45, 7) is 0.957. The minimum absolute atomic E-state index is 0.0274. The molecule has 0 saturated carbocycles. The van der Waals surface area contributed by atoms with Crippen LogP contribution in [0.15, 0.2) is 23.4 Å². The lowest BCUT2D eigenvalue weighted by Gasteiger charge is -2.31. The molecule has 2 amide bonds. The molecule has 1 aromatic heterocycles. The van der Waals surface area contributed by atoms with Gasteiger partial charge in [-0.3, -0.25) is 24.4 Å². The Balaban J connectivity index is 1.91. The first-order chi connectivity index (χ1) is 9.61. The van der Waals surface area contributed by atoms with Crippen molar-refractivity contribution in [2.75, 3.05) is 13.1 Å². The molecule has 0 radical (unpaired) electrons. The standard InChI is InChI=1S/C12H17N5O3/c13-15-12(20)9-2-5-16(6-3-9)11(19)7-17-8-14-4-1-10(17)18/h1,4,8-9H,2-3,5-7,13H2,(H,15,20). The lowest BCUT2D eigenvalue weighted by Crippen LogP contribution is -2.45. The molecular formula is C12H17N5O3. The van der Waals surface area contributed by atoms with E-state index in [2.05, 4.69) is 10.4 Å². The van der Waals surface area contributed by atoms with Gasteiger partial charge >= 0.3 is 0 Å². The maximum Gasteiger partial charge on any atom is 0.253 e. The van der Waals surface area contributed by atoms with Gasteiger partial charge in [-0.2, -0.15) is 0 Å². The average molecular weight is 279 g/mol. The van der Waals surface area contributed by atoms with Crippen molar-refractivity contribution >= 4 is 11.8 Å². The topological polar surface area (TPSA) is 110 Å². The summed E-state index contributed by atoms with van der Waals surface area (Å²) in [6.07, 6.45) is 3.89. The molecule has 1 aliphatic rings. The normalized spacial score (nSPS) is 15.9. The van der Waals surface area contributed by atoms with Gasteiger partial charge in [-0.1, -0.05) is 0 Å². The number of hydrazine groups is 1. The molecule has 3 N–H and O–H groups in total. The number of hydrogen-bond acceptors (Lipinski definition) is 5. The Hall–Kier alpha value is -2.22. The summed E-state index contributed by atoms with van der Waals surface area (Å²) >= 11 is 0. The molecule has 8 heteroatoms. The van der Waals surface area contributed by atoms with E-state index in [1.165, 1.54) is 23.2 Å². The maximum absolute atomic E-state index is 12.1. The lowest BCUT2D eigenvalue weighted by atomic mass is 9.96. The predicted molar refractivity (Wildman–Crippen MR) is 70.1 cm³/mol. The SMILES string of the molecule is NNC(=O)C1CCN(C(=O)Cn2cnccc2=O)CC1. The first kappa shape index (κ1) is 14.2. The molecule has 8 nitrogen and oxygen atoms in total. The Morgan fingerprint density at radius 1 is 1.40 bits per heavy atom. The van der Waals surface area contributed by atoms with Gasteiger partial charge in [0.2, 0.25) is 11.8 Å². The molecule has 0 aromatic carbocycles. The van der Waals surface area contributed by atoms with Crippen molar-refractivity contribution in [3.63, 3.8) is 0 Å². The van der Waals surface area contributed by atoms with E-state index in [-0.39, 0.29) is 29.8 Å². The molecule has 1 fully saturated rings. The zero-order valence-electron chi connectivity index (χ0n) is 11.0. The van der Waals surface area contributed by atoms with E-state index in [0.717, 1.165) is 0 Å². The number of carbonyl (C=O) groups is 2. The van der Waals surface area contributed by atoms with Crippen LogP contribution in [-0.2, 0) is 16.1 Å². The summed E-state index contributed by atoms with van der Waals surface area (Å²) in [5, 5.41) is 0. The Labute approximate surface area is 115 Å². The van der Waals surface area contributed by atoms with Crippen LogP contribution in [0.1, 0.15) is 12.8 Å². The van der Waals surface area contributed by atoms with Crippen LogP contribution in [0.4, 0.5) is 0 Å². The lowest BCUT2D eigenvalue weighted by molar-refractivity contribution is -0.136. The molecule has 20 heavy (non-hydrogen) atoms. The molecule has 0 aliphatic carbocycles. The third-order valence-corrected chi connectivity index (χ3v) is 3.46. The number of nitrogens with zero attached hydrogens (tertiary/aromatic N) is 3. The van der Waals surface area contributed by atoms with Crippen molar-refractivity contribution in [2.24, 2.45) is 11.8 Å². The van der Waals surface area contributed by atoms with E-state index in [1.54, 1.807) is 4.90 Å².